The maximum Gasteiger partial charge on any atom is 0.247 e. The summed E-state index contributed by atoms with van der Waals surface area (Å²) in [5, 5.41) is 8.86. The molecule has 0 radical (unpaired) electrons. The maximum atomic E-state index is 12.9. The van der Waals surface area contributed by atoms with E-state index in [2.05, 4.69) is 10.2 Å². The predicted molar refractivity (Wildman–Crippen MR) is 105 cm³/mol. The van der Waals surface area contributed by atoms with Gasteiger partial charge in [-0.2, -0.15) is 0 Å². The van der Waals surface area contributed by atoms with Gasteiger partial charge in [-0.1, -0.05) is 23.7 Å². The van der Waals surface area contributed by atoms with Gasteiger partial charge in [-0.3, -0.25) is 4.79 Å². The van der Waals surface area contributed by atoms with Crippen molar-refractivity contribution in [3.8, 4) is 17.2 Å². The normalized spacial score (nSPS) is 13.4. The highest BCUT2D eigenvalue weighted by atomic mass is 35.5. The van der Waals surface area contributed by atoms with Crippen LogP contribution in [0.4, 0.5) is 0 Å². The number of amides is 1. The third-order valence-corrected chi connectivity index (χ3v) is 4.94. The van der Waals surface area contributed by atoms with Crippen molar-refractivity contribution in [3.05, 3.63) is 65.0 Å². The van der Waals surface area contributed by atoms with Gasteiger partial charge < -0.3 is 14.1 Å². The zero-order valence-electron chi connectivity index (χ0n) is 15.5. The first-order chi connectivity index (χ1) is 13.6. The molecule has 0 unspecified atom stereocenters. The Bertz CT molecular complexity index is 950. The van der Waals surface area contributed by atoms with Crippen LogP contribution in [0.1, 0.15) is 24.3 Å². The smallest absolute Gasteiger partial charge is 0.247 e. The summed E-state index contributed by atoms with van der Waals surface area (Å²) < 4.78 is 10.9. The largest absolute Gasteiger partial charge is 0.497 e. The number of carbonyl (C=O) groups excluding carboxylic acids is 1. The number of benzene rings is 2. The predicted octanol–water partition coefficient (Wildman–Crippen LogP) is 4.13. The molecule has 2 aromatic carbocycles. The molecular formula is C21H20ClN3O3. The third kappa shape index (κ3) is 4.34. The number of halogens is 1. The third-order valence-electron chi connectivity index (χ3n) is 4.69. The Kier molecular flexibility index (Phi) is 5.30. The number of methoxy groups -OCH3 is 1. The molecule has 0 atom stereocenters. The average molecular weight is 398 g/mol. The standard InChI is InChI=1S/C21H20ClN3O3/c1-27-18-10-2-14(3-11-18)12-20(26)25(17-8-9-17)13-19-23-24-21(28-19)15-4-6-16(22)7-5-15/h2-7,10-11,17H,8-9,12-13H2,1H3. The van der Waals surface area contributed by atoms with E-state index in [1.54, 1.807) is 19.2 Å². The molecule has 0 saturated heterocycles. The molecule has 6 nitrogen and oxygen atoms in total. The SMILES string of the molecule is COc1ccc(CC(=O)N(Cc2nnc(-c3ccc(Cl)cc3)o2)C2CC2)cc1. The van der Waals surface area contributed by atoms with Gasteiger partial charge >= 0.3 is 0 Å². The first-order valence-corrected chi connectivity index (χ1v) is 9.51. The highest BCUT2D eigenvalue weighted by Crippen LogP contribution is 2.29. The highest BCUT2D eigenvalue weighted by molar-refractivity contribution is 6.30. The first kappa shape index (κ1) is 18.5. The Balaban J connectivity index is 1.45. The van der Waals surface area contributed by atoms with Crippen molar-refractivity contribution in [2.45, 2.75) is 31.8 Å². The van der Waals surface area contributed by atoms with Crippen molar-refractivity contribution >= 4 is 17.5 Å². The van der Waals surface area contributed by atoms with Crippen LogP contribution in [0.15, 0.2) is 52.9 Å². The molecular weight excluding hydrogens is 378 g/mol. The van der Waals surface area contributed by atoms with Crippen LogP contribution < -0.4 is 4.74 Å². The van der Waals surface area contributed by atoms with Gasteiger partial charge in [0.15, 0.2) is 0 Å². The van der Waals surface area contributed by atoms with Crippen molar-refractivity contribution in [1.29, 1.82) is 0 Å². The van der Waals surface area contributed by atoms with Crippen LogP contribution in [0.3, 0.4) is 0 Å². The van der Waals surface area contributed by atoms with Crippen molar-refractivity contribution in [3.63, 3.8) is 0 Å². The van der Waals surface area contributed by atoms with Gasteiger partial charge in [0.2, 0.25) is 17.7 Å². The molecule has 28 heavy (non-hydrogen) atoms. The molecule has 1 aromatic heterocycles. The Hall–Kier alpha value is -2.86. The van der Waals surface area contributed by atoms with Crippen LogP contribution in [0, 0.1) is 0 Å². The summed E-state index contributed by atoms with van der Waals surface area (Å²) in [4.78, 5) is 14.7. The van der Waals surface area contributed by atoms with Crippen LogP contribution in [0.5, 0.6) is 5.75 Å². The topological polar surface area (TPSA) is 68.5 Å². The number of rotatable bonds is 7. The fourth-order valence-corrected chi connectivity index (χ4v) is 3.13. The molecule has 4 rings (SSSR count). The maximum absolute atomic E-state index is 12.9. The number of hydrogen-bond acceptors (Lipinski definition) is 5. The summed E-state index contributed by atoms with van der Waals surface area (Å²) in [6.07, 6.45) is 2.34. The molecule has 3 aromatic rings. The summed E-state index contributed by atoms with van der Waals surface area (Å²) >= 11 is 5.92. The second-order valence-corrected chi connectivity index (χ2v) is 7.22. The number of nitrogens with zero attached hydrogens (tertiary/aromatic N) is 3. The van der Waals surface area contributed by atoms with Crippen LogP contribution in [0.25, 0.3) is 11.5 Å². The lowest BCUT2D eigenvalue weighted by molar-refractivity contribution is -0.132. The van der Waals surface area contributed by atoms with Crippen LogP contribution in [-0.2, 0) is 17.8 Å². The zero-order chi connectivity index (χ0) is 19.5. The average Bonchev–Trinajstić information content (AvgIpc) is 3.45. The Morgan fingerprint density at radius 3 is 2.50 bits per heavy atom. The molecule has 0 bridgehead atoms. The number of hydrogen-bond donors (Lipinski definition) is 0. The Morgan fingerprint density at radius 2 is 1.86 bits per heavy atom. The van der Waals surface area contributed by atoms with E-state index in [0.717, 1.165) is 29.7 Å². The monoisotopic (exact) mass is 397 g/mol. The zero-order valence-corrected chi connectivity index (χ0v) is 16.2. The Morgan fingerprint density at radius 1 is 1.14 bits per heavy atom. The molecule has 0 aliphatic heterocycles. The van der Waals surface area contributed by atoms with Crippen LogP contribution in [-0.4, -0.2) is 34.2 Å². The molecule has 0 N–H and O–H groups in total. The molecule has 1 aliphatic rings. The fraction of sp³-hybridized carbons (Fsp3) is 0.286. The minimum atomic E-state index is 0.0545. The summed E-state index contributed by atoms with van der Waals surface area (Å²) in [5.74, 6) is 1.68. The second-order valence-electron chi connectivity index (χ2n) is 6.79. The molecule has 1 fully saturated rings. The van der Waals surface area contributed by atoms with Crippen molar-refractivity contribution in [2.24, 2.45) is 0 Å². The molecule has 1 aliphatic carbocycles. The number of aromatic nitrogens is 2. The van der Waals surface area contributed by atoms with Crippen molar-refractivity contribution in [1.82, 2.24) is 15.1 Å². The molecule has 1 amide bonds. The van der Waals surface area contributed by atoms with E-state index in [4.69, 9.17) is 20.8 Å². The molecule has 144 valence electrons. The van der Waals surface area contributed by atoms with Gasteiger partial charge in [0.05, 0.1) is 20.1 Å². The molecule has 1 saturated carbocycles. The minimum Gasteiger partial charge on any atom is -0.497 e. The van der Waals surface area contributed by atoms with E-state index < -0.39 is 0 Å². The van der Waals surface area contributed by atoms with Gasteiger partial charge in [0.1, 0.15) is 5.75 Å². The van der Waals surface area contributed by atoms with E-state index in [1.165, 1.54) is 0 Å². The van der Waals surface area contributed by atoms with Crippen molar-refractivity contribution < 1.29 is 13.9 Å². The first-order valence-electron chi connectivity index (χ1n) is 9.13. The van der Waals surface area contributed by atoms with E-state index >= 15 is 0 Å². The lowest BCUT2D eigenvalue weighted by atomic mass is 10.1. The number of carbonyl (C=O) groups is 1. The van der Waals surface area contributed by atoms with Gasteiger partial charge in [0, 0.05) is 16.6 Å². The van der Waals surface area contributed by atoms with E-state index in [9.17, 15) is 4.79 Å². The quantitative estimate of drug-likeness (QED) is 0.599. The van der Waals surface area contributed by atoms with E-state index in [-0.39, 0.29) is 11.9 Å². The number of ether oxygens (including phenoxy) is 1. The van der Waals surface area contributed by atoms with Crippen molar-refractivity contribution in [2.75, 3.05) is 7.11 Å². The highest BCUT2D eigenvalue weighted by Gasteiger charge is 2.33. The van der Waals surface area contributed by atoms with Crippen LogP contribution in [0.2, 0.25) is 5.02 Å². The summed E-state index contributed by atoms with van der Waals surface area (Å²) in [5.41, 5.74) is 1.74. The lowest BCUT2D eigenvalue weighted by Gasteiger charge is -2.20. The summed E-state index contributed by atoms with van der Waals surface area (Å²) in [7, 11) is 1.62. The molecule has 7 heteroatoms. The second kappa shape index (κ2) is 8.02. The molecule has 1 heterocycles. The van der Waals surface area contributed by atoms with Gasteiger partial charge in [-0.25, -0.2) is 0 Å². The minimum absolute atomic E-state index is 0.0545. The van der Waals surface area contributed by atoms with Gasteiger partial charge in [-0.05, 0) is 54.8 Å². The van der Waals surface area contributed by atoms with E-state index in [0.29, 0.717) is 29.8 Å². The van der Waals surface area contributed by atoms with Crippen LogP contribution >= 0.6 is 11.6 Å². The Labute approximate surface area is 168 Å². The lowest BCUT2D eigenvalue weighted by Crippen LogP contribution is -2.33. The van der Waals surface area contributed by atoms with E-state index in [1.807, 2.05) is 41.3 Å². The van der Waals surface area contributed by atoms with Gasteiger partial charge in [-0.15, -0.1) is 10.2 Å². The summed E-state index contributed by atoms with van der Waals surface area (Å²) in [6, 6.07) is 15.0. The molecule has 0 spiro atoms. The van der Waals surface area contributed by atoms with Gasteiger partial charge in [0.25, 0.3) is 0 Å². The summed E-state index contributed by atoms with van der Waals surface area (Å²) in [6.45, 7) is 0.320. The fourth-order valence-electron chi connectivity index (χ4n) is 3.00.